The van der Waals surface area contributed by atoms with Crippen molar-refractivity contribution in [1.82, 2.24) is 24.8 Å². The van der Waals surface area contributed by atoms with Gasteiger partial charge in [0.05, 0.1) is 5.69 Å². The normalized spacial score (nSPS) is 14.0. The van der Waals surface area contributed by atoms with Crippen molar-refractivity contribution in [3.63, 3.8) is 0 Å². The zero-order valence-corrected chi connectivity index (χ0v) is 19.0. The van der Waals surface area contributed by atoms with Crippen molar-refractivity contribution in [2.45, 2.75) is 0 Å². The highest BCUT2D eigenvalue weighted by Crippen LogP contribution is 2.30. The lowest BCUT2D eigenvalue weighted by Crippen LogP contribution is -2.49. The molecule has 1 aliphatic heterocycles. The minimum absolute atomic E-state index is 0.0331. The quantitative estimate of drug-likeness (QED) is 0.468. The number of anilines is 3. The maximum Gasteiger partial charge on any atom is 0.248 e. The second kappa shape index (κ2) is 9.47. The molecule has 1 fully saturated rings. The lowest BCUT2D eigenvalue weighted by atomic mass is 10.2. The van der Waals surface area contributed by atoms with Gasteiger partial charge in [0.2, 0.25) is 5.91 Å². The molecule has 1 aliphatic rings. The van der Waals surface area contributed by atoms with Crippen LogP contribution >= 0.6 is 11.3 Å². The number of nitrogens with zero attached hydrogens (tertiary/aromatic N) is 6. The third-order valence-corrected chi connectivity index (χ3v) is 6.36. The summed E-state index contributed by atoms with van der Waals surface area (Å²) in [5.41, 5.74) is 3.82. The Kier molecular flexibility index (Phi) is 6.09. The number of aromatic nitrogens is 4. The third kappa shape index (κ3) is 4.76. The molecule has 0 radical (unpaired) electrons. The Morgan fingerprint density at radius 2 is 1.88 bits per heavy atom. The minimum Gasteiger partial charge on any atom is -0.375 e. The number of hydrogen-bond acceptors (Lipinski definition) is 9. The number of pyridine rings is 3. The fraction of sp³-hybridized carbons (Fsp3) is 0.261. The summed E-state index contributed by atoms with van der Waals surface area (Å²) in [6.45, 7) is 3.02. The minimum atomic E-state index is 0.0331. The largest absolute Gasteiger partial charge is 0.375 e. The van der Waals surface area contributed by atoms with E-state index in [1.165, 1.54) is 11.3 Å². The van der Waals surface area contributed by atoms with E-state index < -0.39 is 0 Å². The predicted octanol–water partition coefficient (Wildman–Crippen LogP) is 3.19. The van der Waals surface area contributed by atoms with Gasteiger partial charge in [-0.1, -0.05) is 11.3 Å². The van der Waals surface area contributed by atoms with Crippen molar-refractivity contribution in [3.8, 4) is 11.3 Å². The molecule has 4 aromatic rings. The van der Waals surface area contributed by atoms with E-state index in [0.717, 1.165) is 51.3 Å². The lowest BCUT2D eigenvalue weighted by Gasteiger charge is -2.36. The second-order valence-electron chi connectivity index (χ2n) is 7.60. The van der Waals surface area contributed by atoms with Crippen LogP contribution in [0.5, 0.6) is 0 Å². The molecule has 1 saturated heterocycles. The topological polar surface area (TPSA) is 96.4 Å². The molecular weight excluding hydrogens is 438 g/mol. The predicted molar refractivity (Wildman–Crippen MR) is 129 cm³/mol. The van der Waals surface area contributed by atoms with Crippen LogP contribution in [-0.2, 0) is 9.53 Å². The molecule has 10 heteroatoms. The fourth-order valence-electron chi connectivity index (χ4n) is 3.78. The first-order chi connectivity index (χ1) is 16.2. The zero-order chi connectivity index (χ0) is 22.6. The molecular formula is C23H23N7O2S. The molecule has 0 aliphatic carbocycles. The number of carbonyl (C=O) groups excluding carboxylic acids is 1. The van der Waals surface area contributed by atoms with Gasteiger partial charge in [0.25, 0.3) is 0 Å². The summed E-state index contributed by atoms with van der Waals surface area (Å²) in [7, 11) is 1.54. The highest BCUT2D eigenvalue weighted by molar-refractivity contribution is 7.21. The van der Waals surface area contributed by atoms with Gasteiger partial charge in [-0.3, -0.25) is 9.78 Å². The Morgan fingerprint density at radius 1 is 1.06 bits per heavy atom. The average molecular weight is 462 g/mol. The molecule has 0 atom stereocenters. The molecule has 168 valence electrons. The Bertz CT molecular complexity index is 1260. The highest BCUT2D eigenvalue weighted by Gasteiger charge is 2.21. The number of hydrogen-bond donors (Lipinski definition) is 1. The average Bonchev–Trinajstić information content (AvgIpc) is 3.26. The van der Waals surface area contributed by atoms with Crippen LogP contribution < -0.4 is 10.2 Å². The molecule has 5 heterocycles. The number of methoxy groups -OCH3 is 1. The number of nitrogens with one attached hydrogen (secondary N) is 1. The Balaban J connectivity index is 1.28. The summed E-state index contributed by atoms with van der Waals surface area (Å²) in [6.07, 6.45) is 5.31. The summed E-state index contributed by atoms with van der Waals surface area (Å²) in [5, 5.41) is 4.05. The van der Waals surface area contributed by atoms with Crippen LogP contribution in [0.3, 0.4) is 0 Å². The van der Waals surface area contributed by atoms with Gasteiger partial charge in [-0.05, 0) is 30.3 Å². The van der Waals surface area contributed by atoms with Crippen molar-refractivity contribution in [2.24, 2.45) is 0 Å². The monoisotopic (exact) mass is 461 g/mol. The van der Waals surface area contributed by atoms with Gasteiger partial charge in [0.1, 0.15) is 22.8 Å². The number of thiazole rings is 1. The number of fused-ring (bicyclic) bond motifs is 1. The van der Waals surface area contributed by atoms with Crippen LogP contribution in [0.2, 0.25) is 0 Å². The second-order valence-corrected chi connectivity index (χ2v) is 8.58. The molecule has 1 amide bonds. The number of ether oxygens (including phenoxy) is 1. The van der Waals surface area contributed by atoms with E-state index in [-0.39, 0.29) is 12.5 Å². The van der Waals surface area contributed by atoms with Crippen LogP contribution in [0.15, 0.2) is 55.0 Å². The molecule has 0 aromatic carbocycles. The molecule has 9 nitrogen and oxygen atoms in total. The first-order valence-electron chi connectivity index (χ1n) is 10.6. The standard InChI is InChI=1S/C23H23N7O2S/c1-32-15-21(31)30-12-10-29(11-13-30)17-6-9-25-20(14-17)28-23-27-19-3-2-18(26-22(19)33-23)16-4-7-24-8-5-16/h2-9,14H,10-13,15H2,1H3,(H,25,27,28). The number of rotatable bonds is 6. The van der Waals surface area contributed by atoms with Gasteiger partial charge in [0, 0.05) is 69.2 Å². The van der Waals surface area contributed by atoms with Gasteiger partial charge in [-0.2, -0.15) is 0 Å². The van der Waals surface area contributed by atoms with Crippen molar-refractivity contribution in [3.05, 3.63) is 55.0 Å². The Hall–Kier alpha value is -3.63. The maximum absolute atomic E-state index is 12.0. The first kappa shape index (κ1) is 21.2. The van der Waals surface area contributed by atoms with Crippen LogP contribution in [-0.4, -0.2) is 70.6 Å². The Labute approximate surface area is 195 Å². The van der Waals surface area contributed by atoms with Gasteiger partial charge < -0.3 is 19.9 Å². The maximum atomic E-state index is 12.0. The summed E-state index contributed by atoms with van der Waals surface area (Å²) in [6, 6.07) is 11.8. The van der Waals surface area contributed by atoms with E-state index in [4.69, 9.17) is 9.72 Å². The van der Waals surface area contributed by atoms with Crippen LogP contribution in [0, 0.1) is 0 Å². The Morgan fingerprint density at radius 3 is 2.67 bits per heavy atom. The van der Waals surface area contributed by atoms with Gasteiger partial charge in [-0.25, -0.2) is 15.0 Å². The van der Waals surface area contributed by atoms with Crippen LogP contribution in [0.4, 0.5) is 16.6 Å². The van der Waals surface area contributed by atoms with E-state index in [9.17, 15) is 4.79 Å². The summed E-state index contributed by atoms with van der Waals surface area (Å²) in [5.74, 6) is 0.754. The van der Waals surface area contributed by atoms with Gasteiger partial charge in [0.15, 0.2) is 5.13 Å². The van der Waals surface area contributed by atoms with Crippen molar-refractivity contribution < 1.29 is 9.53 Å². The van der Waals surface area contributed by atoms with Gasteiger partial charge >= 0.3 is 0 Å². The molecule has 5 rings (SSSR count). The smallest absolute Gasteiger partial charge is 0.248 e. The van der Waals surface area contributed by atoms with Crippen LogP contribution in [0.1, 0.15) is 0 Å². The molecule has 0 saturated carbocycles. The molecule has 0 unspecified atom stereocenters. The molecule has 0 spiro atoms. The van der Waals surface area contributed by atoms with Crippen molar-refractivity contribution >= 4 is 44.2 Å². The molecule has 33 heavy (non-hydrogen) atoms. The fourth-order valence-corrected chi connectivity index (χ4v) is 4.62. The SMILES string of the molecule is COCC(=O)N1CCN(c2ccnc(Nc3nc4ccc(-c5ccncc5)nc4s3)c2)CC1. The van der Waals surface area contributed by atoms with Crippen molar-refractivity contribution in [2.75, 3.05) is 50.1 Å². The summed E-state index contributed by atoms with van der Waals surface area (Å²) in [4.78, 5) is 34.9. The first-order valence-corrected chi connectivity index (χ1v) is 11.4. The lowest BCUT2D eigenvalue weighted by molar-refractivity contribution is -0.135. The van der Waals surface area contributed by atoms with Crippen molar-refractivity contribution in [1.29, 1.82) is 0 Å². The third-order valence-electron chi connectivity index (χ3n) is 5.48. The molecule has 4 aromatic heterocycles. The summed E-state index contributed by atoms with van der Waals surface area (Å²) < 4.78 is 4.96. The highest BCUT2D eigenvalue weighted by atomic mass is 32.1. The number of carbonyl (C=O) groups is 1. The van der Waals surface area contributed by atoms with E-state index in [1.54, 1.807) is 25.7 Å². The van der Waals surface area contributed by atoms with E-state index in [0.29, 0.717) is 13.1 Å². The number of piperazine rings is 1. The molecule has 0 bridgehead atoms. The van der Waals surface area contributed by atoms with Gasteiger partial charge in [-0.15, -0.1) is 0 Å². The summed E-state index contributed by atoms with van der Waals surface area (Å²) >= 11 is 1.49. The van der Waals surface area contributed by atoms with E-state index in [1.807, 2.05) is 41.3 Å². The number of amides is 1. The van der Waals surface area contributed by atoms with E-state index in [2.05, 4.69) is 25.2 Å². The zero-order valence-electron chi connectivity index (χ0n) is 18.1. The molecule has 1 N–H and O–H groups in total. The van der Waals surface area contributed by atoms with Crippen LogP contribution in [0.25, 0.3) is 21.6 Å². The van der Waals surface area contributed by atoms with E-state index >= 15 is 0 Å².